The molecule has 0 amide bonds. The topological polar surface area (TPSA) is 57.2 Å². The van der Waals surface area contributed by atoms with Crippen LogP contribution in [0.1, 0.15) is 5.56 Å². The number of anilines is 2. The van der Waals surface area contributed by atoms with Crippen LogP contribution in [0.15, 0.2) is 30.6 Å². The second-order valence-corrected chi connectivity index (χ2v) is 7.48. The fraction of sp³-hybridized carbons (Fsp3) is 0.389. The number of benzene rings is 1. The number of hydrogen-bond donors (Lipinski definition) is 1. The van der Waals surface area contributed by atoms with Gasteiger partial charge in [0.15, 0.2) is 5.13 Å². The van der Waals surface area contributed by atoms with Crippen LogP contribution >= 0.6 is 28.3 Å². The molecule has 1 aliphatic rings. The highest BCUT2D eigenvalue weighted by Crippen LogP contribution is 2.26. The molecule has 0 unspecified atom stereocenters. The summed E-state index contributed by atoms with van der Waals surface area (Å²) in [4.78, 5) is 18.0. The largest absolute Gasteiger partial charge is 0.360 e. The van der Waals surface area contributed by atoms with E-state index in [2.05, 4.69) is 30.1 Å². The summed E-state index contributed by atoms with van der Waals surface area (Å²) in [5.41, 5.74) is 1.92. The Labute approximate surface area is 172 Å². The summed E-state index contributed by atoms with van der Waals surface area (Å²) in [5.74, 6) is 0.596. The zero-order valence-corrected chi connectivity index (χ0v) is 17.6. The van der Waals surface area contributed by atoms with E-state index in [0.717, 1.165) is 66.1 Å². The van der Waals surface area contributed by atoms with Crippen molar-refractivity contribution in [1.29, 1.82) is 0 Å². The highest BCUT2D eigenvalue weighted by molar-refractivity contribution is 8.93. The van der Waals surface area contributed by atoms with Crippen LogP contribution in [0, 0.1) is 12.7 Å². The molecule has 1 N–H and O–H groups in total. The maximum absolute atomic E-state index is 13.3. The lowest BCUT2D eigenvalue weighted by Gasteiger charge is -2.34. The van der Waals surface area contributed by atoms with Crippen LogP contribution in [-0.2, 0) is 0 Å². The number of aromatic nitrogens is 3. The second kappa shape index (κ2) is 8.90. The van der Waals surface area contributed by atoms with Gasteiger partial charge in [0, 0.05) is 51.7 Å². The quantitative estimate of drug-likeness (QED) is 0.640. The normalized spacial score (nSPS) is 15.0. The Morgan fingerprint density at radius 3 is 2.63 bits per heavy atom. The molecule has 0 atom stereocenters. The summed E-state index contributed by atoms with van der Waals surface area (Å²) in [6.07, 6.45) is 3.73. The molecular weight excluding hydrogens is 431 g/mol. The van der Waals surface area contributed by atoms with Crippen molar-refractivity contribution in [1.82, 2.24) is 19.9 Å². The van der Waals surface area contributed by atoms with Crippen LogP contribution in [0.25, 0.3) is 10.2 Å². The van der Waals surface area contributed by atoms with Gasteiger partial charge >= 0.3 is 0 Å². The standard InChI is InChI=1S/C18H21FN6S.BrH/c1-13-11-21-17(22-12-13)25-8-6-24(7-9-25)5-4-20-18-23-15-3-2-14(19)10-16(15)26-18;/h2-3,10-12H,4-9H2,1H3,(H,20,23);1H. The second-order valence-electron chi connectivity index (χ2n) is 6.45. The third-order valence-electron chi connectivity index (χ3n) is 4.48. The molecule has 1 fully saturated rings. The molecule has 4 rings (SSSR count). The number of thiazole rings is 1. The van der Waals surface area contributed by atoms with Gasteiger partial charge in [0.05, 0.1) is 10.2 Å². The molecule has 144 valence electrons. The molecule has 0 bridgehead atoms. The molecule has 6 nitrogen and oxygen atoms in total. The first-order valence-corrected chi connectivity index (χ1v) is 9.55. The number of aryl methyl sites for hydroxylation is 1. The first kappa shape index (κ1) is 19.9. The maximum atomic E-state index is 13.3. The van der Waals surface area contributed by atoms with Gasteiger partial charge in [0.1, 0.15) is 5.82 Å². The molecule has 0 radical (unpaired) electrons. The number of halogens is 2. The Morgan fingerprint density at radius 2 is 1.89 bits per heavy atom. The molecule has 1 aromatic carbocycles. The van der Waals surface area contributed by atoms with Crippen molar-refractivity contribution in [3.8, 4) is 0 Å². The third kappa shape index (κ3) is 4.91. The number of piperazine rings is 1. The highest BCUT2D eigenvalue weighted by Gasteiger charge is 2.18. The monoisotopic (exact) mass is 452 g/mol. The molecular formula is C18H22BrFN6S. The number of rotatable bonds is 5. The Hall–Kier alpha value is -1.84. The van der Waals surface area contributed by atoms with Gasteiger partial charge in [-0.1, -0.05) is 11.3 Å². The van der Waals surface area contributed by atoms with Crippen LogP contribution in [0.2, 0.25) is 0 Å². The fourth-order valence-corrected chi connectivity index (χ4v) is 3.93. The average molecular weight is 453 g/mol. The Bertz CT molecular complexity index is 879. The van der Waals surface area contributed by atoms with Crippen LogP contribution in [0.4, 0.5) is 15.5 Å². The minimum atomic E-state index is -0.219. The van der Waals surface area contributed by atoms with Crippen molar-refractivity contribution in [2.45, 2.75) is 6.92 Å². The summed E-state index contributed by atoms with van der Waals surface area (Å²) < 4.78 is 14.1. The maximum Gasteiger partial charge on any atom is 0.225 e. The minimum Gasteiger partial charge on any atom is -0.360 e. The predicted octanol–water partition coefficient (Wildman–Crippen LogP) is 3.35. The van der Waals surface area contributed by atoms with E-state index >= 15 is 0 Å². The van der Waals surface area contributed by atoms with Gasteiger partial charge in [-0.05, 0) is 30.7 Å². The fourth-order valence-electron chi connectivity index (χ4n) is 3.02. The minimum absolute atomic E-state index is 0. The van der Waals surface area contributed by atoms with Gasteiger partial charge in [-0.2, -0.15) is 0 Å². The van der Waals surface area contributed by atoms with E-state index in [-0.39, 0.29) is 22.8 Å². The zero-order chi connectivity index (χ0) is 17.9. The first-order chi connectivity index (χ1) is 12.7. The molecule has 1 aliphatic heterocycles. The van der Waals surface area contributed by atoms with Gasteiger partial charge < -0.3 is 10.2 Å². The van der Waals surface area contributed by atoms with Crippen molar-refractivity contribution < 1.29 is 4.39 Å². The lowest BCUT2D eigenvalue weighted by Crippen LogP contribution is -2.48. The summed E-state index contributed by atoms with van der Waals surface area (Å²) in [6.45, 7) is 7.62. The average Bonchev–Trinajstić information content (AvgIpc) is 3.05. The Kier molecular flexibility index (Phi) is 6.56. The Morgan fingerprint density at radius 1 is 1.15 bits per heavy atom. The predicted molar refractivity (Wildman–Crippen MR) is 114 cm³/mol. The number of fused-ring (bicyclic) bond motifs is 1. The summed E-state index contributed by atoms with van der Waals surface area (Å²) in [6, 6.07) is 4.70. The molecule has 1 saturated heterocycles. The summed E-state index contributed by atoms with van der Waals surface area (Å²) >= 11 is 1.49. The molecule has 9 heteroatoms. The number of nitrogens with one attached hydrogen (secondary N) is 1. The molecule has 27 heavy (non-hydrogen) atoms. The molecule has 0 spiro atoms. The van der Waals surface area contributed by atoms with Crippen LogP contribution in [-0.4, -0.2) is 59.1 Å². The first-order valence-electron chi connectivity index (χ1n) is 8.73. The van der Waals surface area contributed by atoms with Crippen LogP contribution in [0.3, 0.4) is 0 Å². The lowest BCUT2D eigenvalue weighted by atomic mass is 10.3. The third-order valence-corrected chi connectivity index (χ3v) is 5.45. The number of hydrogen-bond acceptors (Lipinski definition) is 7. The van der Waals surface area contributed by atoms with Gasteiger partial charge in [0.2, 0.25) is 5.95 Å². The van der Waals surface area contributed by atoms with Crippen molar-refractivity contribution >= 4 is 49.6 Å². The zero-order valence-electron chi connectivity index (χ0n) is 15.1. The molecule has 0 aliphatic carbocycles. The van der Waals surface area contributed by atoms with E-state index in [1.807, 2.05) is 19.3 Å². The van der Waals surface area contributed by atoms with Crippen molar-refractivity contribution in [2.24, 2.45) is 0 Å². The SMILES string of the molecule is Br.Cc1cnc(N2CCN(CCNc3nc4ccc(F)cc4s3)CC2)nc1. The van der Waals surface area contributed by atoms with E-state index in [1.54, 1.807) is 6.07 Å². The van der Waals surface area contributed by atoms with E-state index in [0.29, 0.717) is 0 Å². The van der Waals surface area contributed by atoms with Crippen molar-refractivity contribution in [3.63, 3.8) is 0 Å². The lowest BCUT2D eigenvalue weighted by molar-refractivity contribution is 0.266. The summed E-state index contributed by atoms with van der Waals surface area (Å²) in [7, 11) is 0. The Balaban J connectivity index is 0.00000210. The van der Waals surface area contributed by atoms with Crippen LogP contribution < -0.4 is 10.2 Å². The van der Waals surface area contributed by atoms with E-state index in [4.69, 9.17) is 0 Å². The molecule has 3 heterocycles. The molecule has 0 saturated carbocycles. The van der Waals surface area contributed by atoms with Gasteiger partial charge in [-0.15, -0.1) is 17.0 Å². The summed E-state index contributed by atoms with van der Waals surface area (Å²) in [5, 5.41) is 4.20. The molecule has 2 aromatic heterocycles. The van der Waals surface area contributed by atoms with Gasteiger partial charge in [-0.25, -0.2) is 19.3 Å². The number of nitrogens with zero attached hydrogens (tertiary/aromatic N) is 5. The van der Waals surface area contributed by atoms with Crippen molar-refractivity contribution in [2.75, 3.05) is 49.5 Å². The van der Waals surface area contributed by atoms with E-state index in [9.17, 15) is 4.39 Å². The van der Waals surface area contributed by atoms with Crippen LogP contribution in [0.5, 0.6) is 0 Å². The van der Waals surface area contributed by atoms with E-state index < -0.39 is 0 Å². The van der Waals surface area contributed by atoms with Gasteiger partial charge in [0.25, 0.3) is 0 Å². The smallest absolute Gasteiger partial charge is 0.225 e. The highest BCUT2D eigenvalue weighted by atomic mass is 79.9. The van der Waals surface area contributed by atoms with E-state index in [1.165, 1.54) is 23.5 Å². The molecule has 3 aromatic rings. The van der Waals surface area contributed by atoms with Gasteiger partial charge in [-0.3, -0.25) is 4.90 Å². The van der Waals surface area contributed by atoms with Crippen molar-refractivity contribution in [3.05, 3.63) is 42.0 Å².